The molecule has 1 aliphatic rings. The fourth-order valence-electron chi connectivity index (χ4n) is 1.78. The van der Waals surface area contributed by atoms with Gasteiger partial charge in [-0.25, -0.2) is 0 Å². The molecule has 2 atom stereocenters. The van der Waals surface area contributed by atoms with Crippen molar-refractivity contribution >= 4 is 39.9 Å². The minimum atomic E-state index is -0.944. The fraction of sp³-hybridized carbons (Fsp3) is 0.538. The monoisotopic (exact) mass is 362 g/mol. The Labute approximate surface area is 117 Å². The molecule has 0 spiro atoms. The summed E-state index contributed by atoms with van der Waals surface area (Å²) in [5.74, 6) is 1.02. The van der Waals surface area contributed by atoms with E-state index in [2.05, 4.69) is 70.2 Å². The minimum Gasteiger partial charge on any atom is -0.102 e. The van der Waals surface area contributed by atoms with Gasteiger partial charge in [-0.1, -0.05) is 69.7 Å². The first-order chi connectivity index (χ1) is 7.35. The zero-order valence-corrected chi connectivity index (χ0v) is 14.4. The molecule has 0 saturated carbocycles. The van der Waals surface area contributed by atoms with Gasteiger partial charge in [-0.15, -0.1) is 6.58 Å². The average Bonchev–Trinajstić information content (AvgIpc) is 2.44. The van der Waals surface area contributed by atoms with Crippen LogP contribution in [0.3, 0.4) is 0 Å². The number of halogens is 2. The predicted molar refractivity (Wildman–Crippen MR) is 84.0 cm³/mol. The van der Waals surface area contributed by atoms with Crippen LogP contribution in [0.15, 0.2) is 33.8 Å². The van der Waals surface area contributed by atoms with Gasteiger partial charge in [0, 0.05) is 28.9 Å². The molecule has 3 heteroatoms. The van der Waals surface area contributed by atoms with Gasteiger partial charge in [-0.3, -0.25) is 0 Å². The lowest BCUT2D eigenvalue weighted by molar-refractivity contribution is 0.672. The van der Waals surface area contributed by atoms with Crippen LogP contribution in [0.2, 0.25) is 25.7 Å². The summed E-state index contributed by atoms with van der Waals surface area (Å²) >= 11 is 7.32. The van der Waals surface area contributed by atoms with E-state index in [9.17, 15) is 0 Å². The average molecular weight is 364 g/mol. The Kier molecular flexibility index (Phi) is 5.27. The van der Waals surface area contributed by atoms with E-state index in [1.165, 1.54) is 15.0 Å². The van der Waals surface area contributed by atoms with Crippen LogP contribution in [0.4, 0.5) is 0 Å². The molecule has 90 valence electrons. The van der Waals surface area contributed by atoms with Crippen molar-refractivity contribution < 1.29 is 0 Å². The molecule has 1 aliphatic carbocycles. The highest BCUT2D eigenvalue weighted by molar-refractivity contribution is 9.14. The fourth-order valence-corrected chi connectivity index (χ4v) is 3.93. The quantitative estimate of drug-likeness (QED) is 0.443. The topological polar surface area (TPSA) is 0 Å². The summed E-state index contributed by atoms with van der Waals surface area (Å²) in [7, 11) is -0.944. The first kappa shape index (κ1) is 14.5. The number of hydrogen-bond acceptors (Lipinski definition) is 0. The summed E-state index contributed by atoms with van der Waals surface area (Å²) in [6, 6.07) is 1.26. The summed E-state index contributed by atoms with van der Waals surface area (Å²) in [4.78, 5) is 0. The van der Waals surface area contributed by atoms with Crippen LogP contribution in [0, 0.1) is 11.8 Å². The van der Waals surface area contributed by atoms with Crippen molar-refractivity contribution in [2.24, 2.45) is 11.8 Å². The maximum atomic E-state index is 3.88. The van der Waals surface area contributed by atoms with Gasteiger partial charge in [0.1, 0.15) is 0 Å². The number of hydrogen-bond donors (Lipinski definition) is 0. The van der Waals surface area contributed by atoms with Crippen molar-refractivity contribution in [2.75, 3.05) is 0 Å². The normalized spacial score (nSPS) is 26.8. The molecular formula is C13H20Br2Si. The molecule has 0 aliphatic heterocycles. The Bertz CT molecular complexity index is 323. The van der Waals surface area contributed by atoms with E-state index < -0.39 is 8.07 Å². The van der Waals surface area contributed by atoms with E-state index >= 15 is 0 Å². The van der Waals surface area contributed by atoms with Gasteiger partial charge >= 0.3 is 0 Å². The van der Waals surface area contributed by atoms with E-state index in [1.54, 1.807) is 0 Å². The van der Waals surface area contributed by atoms with Crippen molar-refractivity contribution in [1.82, 2.24) is 0 Å². The molecule has 0 aromatic rings. The summed E-state index contributed by atoms with van der Waals surface area (Å²) in [6.07, 6.45) is 7.89. The van der Waals surface area contributed by atoms with Gasteiger partial charge in [-0.2, -0.15) is 0 Å². The van der Waals surface area contributed by atoms with Gasteiger partial charge in [0.05, 0.1) is 0 Å². The van der Waals surface area contributed by atoms with Crippen LogP contribution >= 0.6 is 31.9 Å². The van der Waals surface area contributed by atoms with Crippen LogP contribution in [0.1, 0.15) is 6.42 Å². The highest BCUT2D eigenvalue weighted by Gasteiger charge is 2.27. The van der Waals surface area contributed by atoms with Crippen molar-refractivity contribution in [3.05, 3.63) is 33.8 Å². The molecule has 0 nitrogen and oxygen atoms in total. The summed E-state index contributed by atoms with van der Waals surface area (Å²) in [5, 5.41) is 0. The van der Waals surface area contributed by atoms with E-state index in [0.29, 0.717) is 11.8 Å². The highest BCUT2D eigenvalue weighted by Crippen LogP contribution is 2.44. The van der Waals surface area contributed by atoms with Gasteiger partial charge < -0.3 is 0 Å². The summed E-state index contributed by atoms with van der Waals surface area (Å²) in [6.45, 7) is 11.1. The highest BCUT2D eigenvalue weighted by atomic mass is 79.9. The van der Waals surface area contributed by atoms with Crippen molar-refractivity contribution in [2.45, 2.75) is 32.1 Å². The first-order valence-corrected chi connectivity index (χ1v) is 11.0. The second kappa shape index (κ2) is 5.83. The molecule has 0 heterocycles. The third kappa shape index (κ3) is 4.01. The third-order valence-electron chi connectivity index (χ3n) is 2.77. The van der Waals surface area contributed by atoms with Crippen LogP contribution in [-0.4, -0.2) is 8.07 Å². The Morgan fingerprint density at radius 1 is 1.25 bits per heavy atom. The maximum Gasteiger partial charge on any atom is 0.0480 e. The van der Waals surface area contributed by atoms with E-state index in [1.807, 2.05) is 6.08 Å². The SMILES string of the molecule is C=C[C@@H]1C[C@H](/C=C/C[Si](C)(C)C)C(Br)=C1Br. The lowest BCUT2D eigenvalue weighted by atomic mass is 10.0. The largest absolute Gasteiger partial charge is 0.102 e. The van der Waals surface area contributed by atoms with Gasteiger partial charge in [0.25, 0.3) is 0 Å². The van der Waals surface area contributed by atoms with Crippen LogP contribution in [0.25, 0.3) is 0 Å². The Morgan fingerprint density at radius 3 is 2.25 bits per heavy atom. The van der Waals surface area contributed by atoms with Gasteiger partial charge in [0.2, 0.25) is 0 Å². The first-order valence-electron chi connectivity index (χ1n) is 5.69. The van der Waals surface area contributed by atoms with E-state index in [4.69, 9.17) is 0 Å². The standard InChI is InChI=1S/C13H20Br2Si/c1-5-10-9-11(13(15)12(10)14)7-6-8-16(2,3)4/h5-7,10-11H,1,8-9H2,2-4H3/b7-6+/t10-,11+/m1/s1. The number of rotatable bonds is 4. The van der Waals surface area contributed by atoms with E-state index in [0.717, 1.165) is 6.42 Å². The third-order valence-corrected chi connectivity index (χ3v) is 6.79. The molecule has 0 radical (unpaired) electrons. The maximum absolute atomic E-state index is 3.88. The Hall–Kier alpha value is 0.397. The molecular weight excluding hydrogens is 344 g/mol. The molecule has 0 saturated heterocycles. The van der Waals surface area contributed by atoms with Gasteiger partial charge in [-0.05, 0) is 12.5 Å². The molecule has 16 heavy (non-hydrogen) atoms. The Balaban J connectivity index is 2.62. The van der Waals surface area contributed by atoms with Crippen molar-refractivity contribution in [1.29, 1.82) is 0 Å². The Morgan fingerprint density at radius 2 is 1.81 bits per heavy atom. The number of allylic oxidation sites excluding steroid dienone is 5. The van der Waals surface area contributed by atoms with Crippen molar-refractivity contribution in [3.63, 3.8) is 0 Å². The minimum absolute atomic E-state index is 0.482. The molecule has 0 amide bonds. The molecule has 0 unspecified atom stereocenters. The smallest absolute Gasteiger partial charge is 0.0480 e. The molecule has 0 bridgehead atoms. The van der Waals surface area contributed by atoms with Crippen LogP contribution in [-0.2, 0) is 0 Å². The molecule has 0 aromatic carbocycles. The summed E-state index contributed by atoms with van der Waals surface area (Å²) in [5.41, 5.74) is 0. The molecule has 1 rings (SSSR count). The molecule has 0 fully saturated rings. The van der Waals surface area contributed by atoms with Crippen LogP contribution < -0.4 is 0 Å². The lowest BCUT2D eigenvalue weighted by Crippen LogP contribution is -2.17. The van der Waals surface area contributed by atoms with E-state index in [-0.39, 0.29) is 0 Å². The second-order valence-corrected chi connectivity index (χ2v) is 12.8. The second-order valence-electron chi connectivity index (χ2n) is 5.57. The lowest BCUT2D eigenvalue weighted by Gasteiger charge is -2.12. The van der Waals surface area contributed by atoms with Crippen LogP contribution in [0.5, 0.6) is 0 Å². The zero-order chi connectivity index (χ0) is 12.3. The zero-order valence-electron chi connectivity index (χ0n) is 10.3. The molecule has 0 N–H and O–H groups in total. The van der Waals surface area contributed by atoms with Gasteiger partial charge in [0.15, 0.2) is 0 Å². The van der Waals surface area contributed by atoms with Crippen molar-refractivity contribution in [3.8, 4) is 0 Å². The summed E-state index contributed by atoms with van der Waals surface area (Å²) < 4.78 is 2.56. The predicted octanol–water partition coefficient (Wildman–Crippen LogP) is 5.70. The molecule has 0 aromatic heterocycles.